The molecule has 1 saturated heterocycles. The van der Waals surface area contributed by atoms with Crippen molar-refractivity contribution >= 4 is 11.8 Å². The van der Waals surface area contributed by atoms with Crippen LogP contribution in [0.1, 0.15) is 12.0 Å². The summed E-state index contributed by atoms with van der Waals surface area (Å²) in [6, 6.07) is 9.16. The first-order valence-electron chi connectivity index (χ1n) is 5.14. The van der Waals surface area contributed by atoms with E-state index in [-0.39, 0.29) is 0 Å². The van der Waals surface area contributed by atoms with Crippen LogP contribution in [-0.2, 0) is 4.74 Å². The number of anilines is 1. The number of cyclic esters (lactones) is 1. The molecule has 0 spiro atoms. The lowest BCUT2D eigenvalue weighted by atomic mass is 10.1. The quantitative estimate of drug-likeness (QED) is 0.723. The first-order chi connectivity index (χ1) is 7.72. The van der Waals surface area contributed by atoms with Gasteiger partial charge in [-0.3, -0.25) is 4.90 Å². The van der Waals surface area contributed by atoms with Gasteiger partial charge in [-0.15, -0.1) is 0 Å². The zero-order chi connectivity index (χ0) is 11.5. The van der Waals surface area contributed by atoms with E-state index < -0.39 is 12.1 Å². The van der Waals surface area contributed by atoms with Crippen LogP contribution in [0.15, 0.2) is 24.3 Å². The second kappa shape index (κ2) is 4.23. The van der Waals surface area contributed by atoms with Gasteiger partial charge in [0.1, 0.15) is 6.04 Å². The molecule has 1 aromatic carbocycles. The van der Waals surface area contributed by atoms with Gasteiger partial charge in [0.25, 0.3) is 0 Å². The van der Waals surface area contributed by atoms with Gasteiger partial charge < -0.3 is 4.74 Å². The van der Waals surface area contributed by atoms with Crippen LogP contribution in [0.25, 0.3) is 0 Å². The summed E-state index contributed by atoms with van der Waals surface area (Å²) in [4.78, 5) is 13.0. The average Bonchev–Trinajstić information content (AvgIpc) is 2.30. The Kier molecular flexibility index (Phi) is 2.78. The molecule has 0 radical (unpaired) electrons. The second-order valence-corrected chi connectivity index (χ2v) is 3.75. The molecule has 0 aliphatic carbocycles. The first kappa shape index (κ1) is 10.5. The van der Waals surface area contributed by atoms with Crippen molar-refractivity contribution in [2.75, 3.05) is 11.5 Å². The van der Waals surface area contributed by atoms with E-state index in [0.29, 0.717) is 18.7 Å². The van der Waals surface area contributed by atoms with Crippen LogP contribution in [0, 0.1) is 18.3 Å². The molecule has 0 aromatic heterocycles. The number of nitriles is 1. The Balaban J connectivity index is 2.32. The molecular formula is C12H12N2O2. The number of aryl methyl sites for hydroxylation is 1. The highest BCUT2D eigenvalue weighted by Gasteiger charge is 2.30. The van der Waals surface area contributed by atoms with Gasteiger partial charge in [-0.25, -0.2) is 4.79 Å². The van der Waals surface area contributed by atoms with Gasteiger partial charge in [-0.2, -0.15) is 5.26 Å². The van der Waals surface area contributed by atoms with Crippen molar-refractivity contribution in [2.45, 2.75) is 19.4 Å². The topological polar surface area (TPSA) is 53.3 Å². The number of hydrogen-bond acceptors (Lipinski definition) is 3. The minimum atomic E-state index is -0.443. The number of hydrogen-bond donors (Lipinski definition) is 0. The predicted octanol–water partition coefficient (Wildman–Crippen LogP) is 2.23. The highest BCUT2D eigenvalue weighted by Crippen LogP contribution is 2.23. The summed E-state index contributed by atoms with van der Waals surface area (Å²) in [7, 11) is 0. The van der Waals surface area contributed by atoms with Gasteiger partial charge in [0.2, 0.25) is 0 Å². The molecule has 1 amide bonds. The van der Waals surface area contributed by atoms with E-state index in [1.807, 2.05) is 31.2 Å². The largest absolute Gasteiger partial charge is 0.449 e. The van der Waals surface area contributed by atoms with Crippen LogP contribution in [0.3, 0.4) is 0 Å². The van der Waals surface area contributed by atoms with Gasteiger partial charge >= 0.3 is 6.09 Å². The molecule has 0 N–H and O–H groups in total. The monoisotopic (exact) mass is 216 g/mol. The molecule has 1 aliphatic heterocycles. The highest BCUT2D eigenvalue weighted by atomic mass is 16.6. The third-order valence-corrected chi connectivity index (χ3v) is 2.59. The third kappa shape index (κ3) is 1.84. The molecule has 4 heteroatoms. The Morgan fingerprint density at radius 1 is 1.44 bits per heavy atom. The second-order valence-electron chi connectivity index (χ2n) is 3.75. The van der Waals surface area contributed by atoms with Crippen molar-refractivity contribution in [3.05, 3.63) is 29.8 Å². The van der Waals surface area contributed by atoms with Gasteiger partial charge in [0.15, 0.2) is 0 Å². The molecule has 4 nitrogen and oxygen atoms in total. The van der Waals surface area contributed by atoms with Crippen molar-refractivity contribution in [1.82, 2.24) is 0 Å². The lowest BCUT2D eigenvalue weighted by molar-refractivity contribution is 0.134. The Bertz CT molecular complexity index is 433. The zero-order valence-electron chi connectivity index (χ0n) is 9.01. The van der Waals surface area contributed by atoms with Crippen LogP contribution in [-0.4, -0.2) is 18.7 Å². The fourth-order valence-corrected chi connectivity index (χ4v) is 1.70. The van der Waals surface area contributed by atoms with Gasteiger partial charge in [0.05, 0.1) is 12.7 Å². The summed E-state index contributed by atoms with van der Waals surface area (Å²) in [5, 5.41) is 9.00. The van der Waals surface area contributed by atoms with Gasteiger partial charge in [-0.05, 0) is 19.1 Å². The van der Waals surface area contributed by atoms with Crippen LogP contribution in [0.2, 0.25) is 0 Å². The Morgan fingerprint density at radius 3 is 2.75 bits per heavy atom. The van der Waals surface area contributed by atoms with Crippen LogP contribution < -0.4 is 4.90 Å². The van der Waals surface area contributed by atoms with Crippen molar-refractivity contribution in [1.29, 1.82) is 5.26 Å². The first-order valence-corrected chi connectivity index (χ1v) is 5.14. The molecule has 1 aromatic rings. The van der Waals surface area contributed by atoms with Crippen molar-refractivity contribution < 1.29 is 9.53 Å². The van der Waals surface area contributed by atoms with Crippen LogP contribution in [0.5, 0.6) is 0 Å². The van der Waals surface area contributed by atoms with Crippen molar-refractivity contribution in [3.8, 4) is 6.07 Å². The molecule has 1 unspecified atom stereocenters. The average molecular weight is 216 g/mol. The molecule has 16 heavy (non-hydrogen) atoms. The number of rotatable bonds is 1. The van der Waals surface area contributed by atoms with Crippen molar-refractivity contribution in [3.63, 3.8) is 0 Å². The fourth-order valence-electron chi connectivity index (χ4n) is 1.70. The van der Waals surface area contributed by atoms with E-state index >= 15 is 0 Å². The smallest absolute Gasteiger partial charge is 0.415 e. The van der Waals surface area contributed by atoms with Crippen molar-refractivity contribution in [2.24, 2.45) is 0 Å². The van der Waals surface area contributed by atoms with E-state index in [4.69, 9.17) is 10.00 Å². The molecule has 2 rings (SSSR count). The molecule has 1 heterocycles. The SMILES string of the molecule is Cc1ccc(N2C(=O)OCCC2C#N)cc1. The van der Waals surface area contributed by atoms with Gasteiger partial charge in [0, 0.05) is 12.1 Å². The van der Waals surface area contributed by atoms with E-state index in [1.54, 1.807) is 0 Å². The molecule has 82 valence electrons. The molecule has 0 bridgehead atoms. The van der Waals surface area contributed by atoms with Crippen LogP contribution in [0.4, 0.5) is 10.5 Å². The highest BCUT2D eigenvalue weighted by molar-refractivity contribution is 5.89. The summed E-state index contributed by atoms with van der Waals surface area (Å²) in [6.07, 6.45) is 0.109. The number of benzene rings is 1. The normalized spacial score (nSPS) is 20.1. The standard InChI is InChI=1S/C12H12N2O2/c1-9-2-4-10(5-3-9)14-11(8-13)6-7-16-12(14)15/h2-5,11H,6-7H2,1H3. The minimum absolute atomic E-state index is 0.319. The van der Waals surface area contributed by atoms with E-state index in [2.05, 4.69) is 6.07 Å². The number of nitrogens with zero attached hydrogens (tertiary/aromatic N) is 2. The molecule has 1 atom stereocenters. The fraction of sp³-hybridized carbons (Fsp3) is 0.333. The summed E-state index contributed by atoms with van der Waals surface area (Å²) < 4.78 is 4.94. The maximum absolute atomic E-state index is 11.6. The molecular weight excluding hydrogens is 204 g/mol. The third-order valence-electron chi connectivity index (χ3n) is 2.59. The predicted molar refractivity (Wildman–Crippen MR) is 59.0 cm³/mol. The van der Waals surface area contributed by atoms with E-state index in [0.717, 1.165) is 5.56 Å². The molecule has 1 fully saturated rings. The lowest BCUT2D eigenvalue weighted by Crippen LogP contribution is -2.45. The Morgan fingerprint density at radius 2 is 2.12 bits per heavy atom. The lowest BCUT2D eigenvalue weighted by Gasteiger charge is -2.30. The van der Waals surface area contributed by atoms with E-state index in [1.165, 1.54) is 4.90 Å². The van der Waals surface area contributed by atoms with Crippen LogP contribution >= 0.6 is 0 Å². The molecule has 0 saturated carbocycles. The minimum Gasteiger partial charge on any atom is -0.449 e. The Hall–Kier alpha value is -2.02. The number of carbonyl (C=O) groups is 1. The number of carbonyl (C=O) groups excluding carboxylic acids is 1. The molecule has 1 aliphatic rings. The summed E-state index contributed by atoms with van der Waals surface area (Å²) in [5.41, 5.74) is 1.82. The number of amides is 1. The maximum Gasteiger partial charge on any atom is 0.415 e. The Labute approximate surface area is 94.0 Å². The van der Waals surface area contributed by atoms with Gasteiger partial charge in [-0.1, -0.05) is 17.7 Å². The summed E-state index contributed by atoms with van der Waals surface area (Å²) in [5.74, 6) is 0. The zero-order valence-corrected chi connectivity index (χ0v) is 9.01. The maximum atomic E-state index is 11.6. The summed E-state index contributed by atoms with van der Waals surface area (Å²) >= 11 is 0. The summed E-state index contributed by atoms with van der Waals surface area (Å²) in [6.45, 7) is 2.29. The number of ether oxygens (including phenoxy) is 1. The van der Waals surface area contributed by atoms with E-state index in [9.17, 15) is 4.79 Å².